The fraction of sp³-hybridized carbons (Fsp3) is 0.600. The van der Waals surface area contributed by atoms with Crippen LogP contribution in [0, 0.1) is 5.92 Å². The van der Waals surface area contributed by atoms with Crippen LogP contribution in [0.3, 0.4) is 0 Å². The van der Waals surface area contributed by atoms with Crippen molar-refractivity contribution in [1.29, 1.82) is 0 Å². The summed E-state index contributed by atoms with van der Waals surface area (Å²) >= 11 is 0. The highest BCUT2D eigenvalue weighted by molar-refractivity contribution is 6.05. The van der Waals surface area contributed by atoms with Crippen LogP contribution < -0.4 is 0 Å². The van der Waals surface area contributed by atoms with Crippen molar-refractivity contribution >= 4 is 12.1 Å². The van der Waals surface area contributed by atoms with E-state index in [1.54, 1.807) is 6.34 Å². The molecule has 3 heteroatoms. The molecule has 0 spiro atoms. The van der Waals surface area contributed by atoms with Gasteiger partial charge in [0.05, 0.1) is 11.4 Å². The molecule has 100 valence electrons. The Morgan fingerprint density at radius 1 is 1.22 bits per heavy atom. The molecule has 1 rings (SSSR count). The molecular formula is C15H25N3. The van der Waals surface area contributed by atoms with Gasteiger partial charge in [-0.1, -0.05) is 38.8 Å². The Labute approximate surface area is 111 Å². The molecule has 0 bridgehead atoms. The molecular weight excluding hydrogens is 222 g/mol. The minimum absolute atomic E-state index is 0.547. The molecule has 1 aliphatic heterocycles. The Morgan fingerprint density at radius 3 is 2.39 bits per heavy atom. The highest BCUT2D eigenvalue weighted by Crippen LogP contribution is 2.24. The molecule has 0 atom stereocenters. The molecule has 0 saturated heterocycles. The highest BCUT2D eigenvalue weighted by Gasteiger charge is 2.22. The fourth-order valence-electron chi connectivity index (χ4n) is 2.36. The van der Waals surface area contributed by atoms with E-state index >= 15 is 0 Å². The van der Waals surface area contributed by atoms with E-state index in [9.17, 15) is 0 Å². The SMILES string of the molecule is C/C=C\N1N=CN=C(C(CCC)CCC)/C1=C/C. The number of allylic oxidation sites excluding steroid dienone is 3. The number of nitrogens with zero attached hydrogens (tertiary/aromatic N) is 3. The van der Waals surface area contributed by atoms with Crippen molar-refractivity contribution in [3.05, 3.63) is 24.0 Å². The number of rotatable bonds is 6. The van der Waals surface area contributed by atoms with Gasteiger partial charge in [-0.05, 0) is 26.7 Å². The Morgan fingerprint density at radius 2 is 1.89 bits per heavy atom. The molecule has 1 heterocycles. The van der Waals surface area contributed by atoms with E-state index in [0.717, 1.165) is 5.70 Å². The molecule has 0 aromatic heterocycles. The van der Waals surface area contributed by atoms with Crippen LogP contribution >= 0.6 is 0 Å². The largest absolute Gasteiger partial charge is 0.238 e. The minimum atomic E-state index is 0.547. The van der Waals surface area contributed by atoms with Crippen molar-refractivity contribution in [2.75, 3.05) is 0 Å². The third-order valence-electron chi connectivity index (χ3n) is 3.11. The lowest BCUT2D eigenvalue weighted by Gasteiger charge is -2.27. The first-order chi connectivity index (χ1) is 8.78. The van der Waals surface area contributed by atoms with Gasteiger partial charge in [0.2, 0.25) is 0 Å². The summed E-state index contributed by atoms with van der Waals surface area (Å²) in [4.78, 5) is 4.53. The third-order valence-corrected chi connectivity index (χ3v) is 3.11. The minimum Gasteiger partial charge on any atom is -0.238 e. The van der Waals surface area contributed by atoms with Gasteiger partial charge in [-0.15, -0.1) is 0 Å². The molecule has 0 fully saturated rings. The van der Waals surface area contributed by atoms with E-state index in [4.69, 9.17) is 0 Å². The number of hydrogen-bond acceptors (Lipinski definition) is 3. The lowest BCUT2D eigenvalue weighted by molar-refractivity contribution is 0.492. The van der Waals surface area contributed by atoms with Crippen LogP contribution in [0.1, 0.15) is 53.4 Å². The van der Waals surface area contributed by atoms with Crippen LogP contribution in [0.4, 0.5) is 0 Å². The van der Waals surface area contributed by atoms with Gasteiger partial charge in [0, 0.05) is 12.1 Å². The van der Waals surface area contributed by atoms with E-state index in [-0.39, 0.29) is 0 Å². The summed E-state index contributed by atoms with van der Waals surface area (Å²) in [5.74, 6) is 0.547. The predicted octanol–water partition coefficient (Wildman–Crippen LogP) is 4.34. The number of hydrazone groups is 1. The first-order valence-electron chi connectivity index (χ1n) is 6.97. The lowest BCUT2D eigenvalue weighted by Crippen LogP contribution is -2.27. The van der Waals surface area contributed by atoms with Crippen molar-refractivity contribution in [3.8, 4) is 0 Å². The quantitative estimate of drug-likeness (QED) is 0.686. The van der Waals surface area contributed by atoms with E-state index < -0.39 is 0 Å². The van der Waals surface area contributed by atoms with Gasteiger partial charge in [0.25, 0.3) is 0 Å². The molecule has 18 heavy (non-hydrogen) atoms. The summed E-state index contributed by atoms with van der Waals surface area (Å²) in [5, 5.41) is 6.21. The summed E-state index contributed by atoms with van der Waals surface area (Å²) in [6.07, 6.45) is 12.5. The van der Waals surface area contributed by atoms with Crippen LogP contribution in [0.2, 0.25) is 0 Å². The van der Waals surface area contributed by atoms with Gasteiger partial charge in [-0.2, -0.15) is 5.10 Å². The molecule has 0 aromatic carbocycles. The second kappa shape index (κ2) is 7.85. The molecule has 1 aliphatic rings. The fourth-order valence-corrected chi connectivity index (χ4v) is 2.36. The summed E-state index contributed by atoms with van der Waals surface area (Å²) in [7, 11) is 0. The summed E-state index contributed by atoms with van der Waals surface area (Å²) in [6.45, 7) is 8.53. The van der Waals surface area contributed by atoms with E-state index in [0.29, 0.717) is 5.92 Å². The first kappa shape index (κ1) is 14.7. The summed E-state index contributed by atoms with van der Waals surface area (Å²) in [5.41, 5.74) is 2.32. The van der Waals surface area contributed by atoms with Crippen molar-refractivity contribution in [3.63, 3.8) is 0 Å². The Balaban J connectivity index is 2.97. The molecule has 0 amide bonds. The van der Waals surface area contributed by atoms with Crippen LogP contribution in [-0.2, 0) is 0 Å². The van der Waals surface area contributed by atoms with Gasteiger partial charge < -0.3 is 0 Å². The summed E-state index contributed by atoms with van der Waals surface area (Å²) < 4.78 is 0. The van der Waals surface area contributed by atoms with Crippen molar-refractivity contribution < 1.29 is 0 Å². The smallest absolute Gasteiger partial charge is 0.136 e. The molecule has 0 radical (unpaired) electrons. The van der Waals surface area contributed by atoms with Crippen molar-refractivity contribution in [2.45, 2.75) is 53.4 Å². The molecule has 0 aliphatic carbocycles. The van der Waals surface area contributed by atoms with E-state index in [1.807, 2.05) is 24.2 Å². The Hall–Kier alpha value is -1.38. The molecule has 0 aromatic rings. The molecule has 0 saturated carbocycles. The van der Waals surface area contributed by atoms with Crippen LogP contribution in [0.15, 0.2) is 34.1 Å². The molecule has 0 unspecified atom stereocenters. The summed E-state index contributed by atoms with van der Waals surface area (Å²) in [6, 6.07) is 0. The van der Waals surface area contributed by atoms with Crippen molar-refractivity contribution in [1.82, 2.24) is 5.01 Å². The van der Waals surface area contributed by atoms with Gasteiger partial charge >= 0.3 is 0 Å². The third kappa shape index (κ3) is 3.56. The monoisotopic (exact) mass is 247 g/mol. The zero-order chi connectivity index (χ0) is 13.4. The van der Waals surface area contributed by atoms with E-state index in [1.165, 1.54) is 31.4 Å². The van der Waals surface area contributed by atoms with Crippen LogP contribution in [0.25, 0.3) is 0 Å². The zero-order valence-electron chi connectivity index (χ0n) is 12.1. The maximum absolute atomic E-state index is 4.53. The van der Waals surface area contributed by atoms with Gasteiger partial charge in [0.1, 0.15) is 6.34 Å². The van der Waals surface area contributed by atoms with Crippen LogP contribution in [-0.4, -0.2) is 17.1 Å². The average Bonchev–Trinajstić information content (AvgIpc) is 2.38. The average molecular weight is 247 g/mol. The topological polar surface area (TPSA) is 28.0 Å². The Bertz CT molecular complexity index is 358. The van der Waals surface area contributed by atoms with Crippen LogP contribution in [0.5, 0.6) is 0 Å². The molecule has 3 nitrogen and oxygen atoms in total. The second-order valence-electron chi connectivity index (χ2n) is 4.52. The maximum Gasteiger partial charge on any atom is 0.136 e. The van der Waals surface area contributed by atoms with Crippen molar-refractivity contribution in [2.24, 2.45) is 16.0 Å². The first-order valence-corrected chi connectivity index (χ1v) is 6.97. The van der Waals surface area contributed by atoms with Gasteiger partial charge in [-0.25, -0.2) is 10.0 Å². The standard InChI is InChI=1S/C15H25N3/c1-5-9-13(10-6-2)15-14(8-4)18(11-7-3)17-12-16-15/h7-8,11-13H,5-6,9-10H2,1-4H3/b11-7-,14-8-. The highest BCUT2D eigenvalue weighted by atomic mass is 15.5. The van der Waals surface area contributed by atoms with Gasteiger partial charge in [0.15, 0.2) is 0 Å². The normalized spacial score (nSPS) is 18.2. The maximum atomic E-state index is 4.53. The Kier molecular flexibility index (Phi) is 6.40. The second-order valence-corrected chi connectivity index (χ2v) is 4.52. The van der Waals surface area contributed by atoms with E-state index in [2.05, 4.69) is 36.9 Å². The zero-order valence-corrected chi connectivity index (χ0v) is 12.1. The predicted molar refractivity (Wildman–Crippen MR) is 79.6 cm³/mol. The number of aliphatic imine (C=N–C) groups is 1. The number of hydrogen-bond donors (Lipinski definition) is 0. The lowest BCUT2D eigenvalue weighted by atomic mass is 9.90. The van der Waals surface area contributed by atoms with Gasteiger partial charge in [-0.3, -0.25) is 0 Å². The molecule has 0 N–H and O–H groups in total.